The summed E-state index contributed by atoms with van der Waals surface area (Å²) in [6.45, 7) is 0. The summed E-state index contributed by atoms with van der Waals surface area (Å²) in [5.41, 5.74) is -3.00. The Balaban J connectivity index is 3.18. The van der Waals surface area contributed by atoms with Crippen molar-refractivity contribution in [2.24, 2.45) is 0 Å². The van der Waals surface area contributed by atoms with Crippen molar-refractivity contribution in [3.63, 3.8) is 0 Å². The number of aliphatic hydroxyl groups excluding tert-OH is 2. The Hall–Kier alpha value is -1.05. The van der Waals surface area contributed by atoms with Crippen LogP contribution < -0.4 is 5.56 Å². The summed E-state index contributed by atoms with van der Waals surface area (Å²) in [6.07, 6.45) is -6.93. The first kappa shape index (κ1) is 14.0. The molecule has 0 saturated carbocycles. The third kappa shape index (κ3) is 3.21. The highest BCUT2D eigenvalue weighted by atomic mass is 35.5. The Kier molecular flexibility index (Phi) is 4.18. The molecule has 0 aliphatic heterocycles. The van der Waals surface area contributed by atoms with Crippen molar-refractivity contribution >= 4 is 11.6 Å². The van der Waals surface area contributed by atoms with Crippen LogP contribution in [0.1, 0.15) is 17.2 Å². The molecule has 96 valence electrons. The SMILES string of the molecule is O=c1[nH]cc(C(O)C(O)CCl)cc1C(F)(F)F. The first-order valence-electron chi connectivity index (χ1n) is 4.49. The lowest BCUT2D eigenvalue weighted by molar-refractivity contribution is -0.138. The zero-order chi connectivity index (χ0) is 13.2. The molecule has 17 heavy (non-hydrogen) atoms. The molecule has 8 heteroatoms. The molecule has 1 heterocycles. The third-order valence-corrected chi connectivity index (χ3v) is 2.41. The standard InChI is InChI=1S/C9H9ClF3NO3/c10-2-6(15)7(16)4-1-5(9(11,12)13)8(17)14-3-4/h1,3,6-7,15-16H,2H2,(H,14,17). The van der Waals surface area contributed by atoms with Crippen molar-refractivity contribution in [2.45, 2.75) is 18.4 Å². The van der Waals surface area contributed by atoms with Crippen molar-refractivity contribution in [3.8, 4) is 0 Å². The maximum absolute atomic E-state index is 12.4. The van der Waals surface area contributed by atoms with E-state index in [0.717, 1.165) is 6.20 Å². The van der Waals surface area contributed by atoms with E-state index in [-0.39, 0.29) is 11.4 Å². The molecule has 0 amide bonds. The van der Waals surface area contributed by atoms with Crippen molar-refractivity contribution in [3.05, 3.63) is 33.7 Å². The van der Waals surface area contributed by atoms with Crippen LogP contribution in [0.15, 0.2) is 17.1 Å². The molecule has 0 bridgehead atoms. The van der Waals surface area contributed by atoms with E-state index in [1.807, 2.05) is 4.98 Å². The van der Waals surface area contributed by atoms with E-state index in [1.165, 1.54) is 0 Å². The van der Waals surface area contributed by atoms with E-state index in [2.05, 4.69) is 0 Å². The number of pyridine rings is 1. The van der Waals surface area contributed by atoms with Gasteiger partial charge in [-0.1, -0.05) is 0 Å². The van der Waals surface area contributed by atoms with Crippen LogP contribution in [-0.2, 0) is 6.18 Å². The van der Waals surface area contributed by atoms with E-state index in [4.69, 9.17) is 11.6 Å². The second-order valence-corrected chi connectivity index (χ2v) is 3.65. The van der Waals surface area contributed by atoms with E-state index in [1.54, 1.807) is 0 Å². The van der Waals surface area contributed by atoms with E-state index in [9.17, 15) is 28.2 Å². The van der Waals surface area contributed by atoms with E-state index in [0.29, 0.717) is 6.07 Å². The number of H-pyrrole nitrogens is 1. The normalized spacial score (nSPS) is 15.6. The van der Waals surface area contributed by atoms with Crippen LogP contribution >= 0.6 is 11.6 Å². The highest BCUT2D eigenvalue weighted by molar-refractivity contribution is 6.18. The number of aromatic amines is 1. The van der Waals surface area contributed by atoms with Gasteiger partial charge in [-0.05, 0) is 6.07 Å². The molecule has 0 aromatic carbocycles. The topological polar surface area (TPSA) is 73.3 Å². The zero-order valence-corrected chi connectivity index (χ0v) is 9.09. The molecule has 0 spiro atoms. The minimum atomic E-state index is -4.82. The lowest BCUT2D eigenvalue weighted by Crippen LogP contribution is -2.25. The predicted molar refractivity (Wildman–Crippen MR) is 53.8 cm³/mol. The second-order valence-electron chi connectivity index (χ2n) is 3.34. The summed E-state index contributed by atoms with van der Waals surface area (Å²) in [7, 11) is 0. The fraction of sp³-hybridized carbons (Fsp3) is 0.444. The molecule has 2 unspecified atom stereocenters. The van der Waals surface area contributed by atoms with Crippen molar-refractivity contribution in [1.29, 1.82) is 0 Å². The van der Waals surface area contributed by atoms with Gasteiger partial charge in [-0.25, -0.2) is 0 Å². The van der Waals surface area contributed by atoms with E-state index < -0.39 is 29.5 Å². The Bertz CT molecular complexity index is 446. The third-order valence-electron chi connectivity index (χ3n) is 2.10. The van der Waals surface area contributed by atoms with Crippen LogP contribution in [0, 0.1) is 0 Å². The summed E-state index contributed by atoms with van der Waals surface area (Å²) >= 11 is 5.25. The molecular weight excluding hydrogens is 263 g/mol. The van der Waals surface area contributed by atoms with Gasteiger partial charge in [-0.15, -0.1) is 11.6 Å². The minimum Gasteiger partial charge on any atom is -0.389 e. The number of hydrogen-bond acceptors (Lipinski definition) is 3. The molecule has 2 atom stereocenters. The molecule has 1 rings (SSSR count). The Morgan fingerprint density at radius 2 is 2.00 bits per heavy atom. The molecule has 0 fully saturated rings. The summed E-state index contributed by atoms with van der Waals surface area (Å²) in [5, 5.41) is 18.6. The number of aliphatic hydroxyl groups is 2. The largest absolute Gasteiger partial charge is 0.421 e. The summed E-state index contributed by atoms with van der Waals surface area (Å²) in [4.78, 5) is 12.8. The average molecular weight is 272 g/mol. The van der Waals surface area contributed by atoms with Crippen LogP contribution in [-0.4, -0.2) is 27.2 Å². The first-order chi connectivity index (χ1) is 7.77. The molecular formula is C9H9ClF3NO3. The fourth-order valence-electron chi connectivity index (χ4n) is 1.19. The lowest BCUT2D eigenvalue weighted by Gasteiger charge is -2.16. The van der Waals surface area contributed by atoms with Gasteiger partial charge in [0.2, 0.25) is 0 Å². The number of halogens is 4. The van der Waals surface area contributed by atoms with Crippen molar-refractivity contribution in [2.75, 3.05) is 5.88 Å². The zero-order valence-electron chi connectivity index (χ0n) is 8.33. The molecule has 3 N–H and O–H groups in total. The number of hydrogen-bond donors (Lipinski definition) is 3. The van der Waals surface area contributed by atoms with Crippen molar-refractivity contribution < 1.29 is 23.4 Å². The van der Waals surface area contributed by atoms with Gasteiger partial charge in [0, 0.05) is 11.8 Å². The smallest absolute Gasteiger partial charge is 0.389 e. The van der Waals surface area contributed by atoms with Gasteiger partial charge in [0.25, 0.3) is 5.56 Å². The lowest BCUT2D eigenvalue weighted by atomic mass is 10.1. The first-order valence-corrected chi connectivity index (χ1v) is 5.02. The maximum Gasteiger partial charge on any atom is 0.421 e. The molecule has 1 aromatic heterocycles. The molecule has 4 nitrogen and oxygen atoms in total. The molecule has 0 radical (unpaired) electrons. The molecule has 0 aliphatic carbocycles. The average Bonchev–Trinajstić information content (AvgIpc) is 2.26. The molecule has 0 aliphatic rings. The number of rotatable bonds is 3. The van der Waals surface area contributed by atoms with Gasteiger partial charge in [0.05, 0.1) is 12.0 Å². The van der Waals surface area contributed by atoms with Crippen LogP contribution in [0.2, 0.25) is 0 Å². The predicted octanol–water partition coefficient (Wildman–Crippen LogP) is 1.03. The van der Waals surface area contributed by atoms with Crippen LogP contribution in [0.4, 0.5) is 13.2 Å². The van der Waals surface area contributed by atoms with E-state index >= 15 is 0 Å². The fourth-order valence-corrected chi connectivity index (χ4v) is 1.36. The number of alkyl halides is 4. The van der Waals surface area contributed by atoms with Crippen LogP contribution in [0.25, 0.3) is 0 Å². The van der Waals surface area contributed by atoms with Gasteiger partial charge in [-0.2, -0.15) is 13.2 Å². The number of nitrogens with one attached hydrogen (secondary N) is 1. The second kappa shape index (κ2) is 5.07. The van der Waals surface area contributed by atoms with Gasteiger partial charge in [0.15, 0.2) is 0 Å². The highest BCUT2D eigenvalue weighted by Crippen LogP contribution is 2.28. The van der Waals surface area contributed by atoms with Crippen LogP contribution in [0.3, 0.4) is 0 Å². The summed E-state index contributed by atoms with van der Waals surface area (Å²) in [6, 6.07) is 0.485. The monoisotopic (exact) mass is 271 g/mol. The van der Waals surface area contributed by atoms with Crippen molar-refractivity contribution in [1.82, 2.24) is 4.98 Å². The quantitative estimate of drug-likeness (QED) is 0.719. The molecule has 1 aromatic rings. The Morgan fingerprint density at radius 3 is 2.47 bits per heavy atom. The maximum atomic E-state index is 12.4. The molecule has 0 saturated heterocycles. The van der Waals surface area contributed by atoms with Crippen LogP contribution in [0.5, 0.6) is 0 Å². The summed E-state index contributed by atoms with van der Waals surface area (Å²) in [5.74, 6) is -0.346. The summed E-state index contributed by atoms with van der Waals surface area (Å²) < 4.78 is 37.2. The van der Waals surface area contributed by atoms with Gasteiger partial charge < -0.3 is 15.2 Å². The van der Waals surface area contributed by atoms with Gasteiger partial charge >= 0.3 is 6.18 Å². The number of aromatic nitrogens is 1. The Morgan fingerprint density at radius 1 is 1.41 bits per heavy atom. The van der Waals surface area contributed by atoms with Gasteiger partial charge in [-0.3, -0.25) is 4.79 Å². The minimum absolute atomic E-state index is 0.259. The highest BCUT2D eigenvalue weighted by Gasteiger charge is 2.35. The Labute approximate surface area is 98.7 Å². The van der Waals surface area contributed by atoms with Gasteiger partial charge in [0.1, 0.15) is 11.7 Å².